The van der Waals surface area contributed by atoms with Crippen molar-refractivity contribution < 1.29 is 26.3 Å². The van der Waals surface area contributed by atoms with Crippen LogP contribution in [0, 0.1) is 6.92 Å². The Balaban J connectivity index is 1.55. The molecule has 44 heavy (non-hydrogen) atoms. The van der Waals surface area contributed by atoms with E-state index in [1.165, 1.54) is 12.6 Å². The van der Waals surface area contributed by atoms with Crippen LogP contribution in [0.25, 0.3) is 0 Å². The van der Waals surface area contributed by atoms with Crippen molar-refractivity contribution in [3.8, 4) is 0 Å². The molecule has 0 amide bonds. The Labute approximate surface area is 257 Å². The van der Waals surface area contributed by atoms with E-state index in [9.17, 15) is 26.3 Å². The maximum atomic E-state index is 13.7. The Bertz CT molecular complexity index is 1420. The van der Waals surface area contributed by atoms with Crippen LogP contribution in [0.1, 0.15) is 86.9 Å². The van der Waals surface area contributed by atoms with Crippen LogP contribution in [0.5, 0.6) is 0 Å². The molecule has 2 fully saturated rings. The first kappa shape index (κ1) is 32.2. The average Bonchev–Trinajstić information content (AvgIpc) is 3.40. The quantitative estimate of drug-likeness (QED) is 0.241. The number of nitrogens with zero attached hydrogens (tertiary/aromatic N) is 6. The Kier molecular flexibility index (Phi) is 9.04. The fraction of sp³-hybridized carbons (Fsp3) is 0.548. The van der Waals surface area contributed by atoms with E-state index in [1.807, 2.05) is 11.8 Å². The normalized spacial score (nSPS) is 20.6. The van der Waals surface area contributed by atoms with Gasteiger partial charge in [0.1, 0.15) is 10.8 Å². The molecule has 1 aliphatic heterocycles. The molecule has 2 aliphatic rings. The van der Waals surface area contributed by atoms with Crippen molar-refractivity contribution in [2.45, 2.75) is 102 Å². The first-order valence-corrected chi connectivity index (χ1v) is 15.2. The van der Waals surface area contributed by atoms with Crippen LogP contribution in [-0.2, 0) is 24.3 Å². The molecule has 0 spiro atoms. The second-order valence-electron chi connectivity index (χ2n) is 12.1. The van der Waals surface area contributed by atoms with Gasteiger partial charge in [-0.25, -0.2) is 19.9 Å². The molecule has 1 saturated carbocycles. The number of alkyl halides is 6. The summed E-state index contributed by atoms with van der Waals surface area (Å²) in [5, 5.41) is 0.357. The summed E-state index contributed by atoms with van der Waals surface area (Å²) in [6.45, 7) is 6.04. The summed E-state index contributed by atoms with van der Waals surface area (Å²) in [7, 11) is 0. The predicted molar refractivity (Wildman–Crippen MR) is 157 cm³/mol. The van der Waals surface area contributed by atoms with Gasteiger partial charge in [0.25, 0.3) is 0 Å². The van der Waals surface area contributed by atoms with Crippen LogP contribution in [0.15, 0.2) is 36.8 Å². The highest BCUT2D eigenvalue weighted by molar-refractivity contribution is 6.32. The monoisotopic (exact) mass is 640 g/mol. The molecule has 1 aromatic carbocycles. The Morgan fingerprint density at radius 3 is 2.11 bits per heavy atom. The molecule has 5 rings (SSSR count). The molecule has 3 aromatic rings. The van der Waals surface area contributed by atoms with Crippen molar-refractivity contribution in [3.63, 3.8) is 0 Å². The topological polar surface area (TPSA) is 58.0 Å². The molecular formula is C31H35ClF6N6. The molecule has 1 aliphatic carbocycles. The molecule has 0 bridgehead atoms. The van der Waals surface area contributed by atoms with E-state index in [0.717, 1.165) is 43.4 Å². The van der Waals surface area contributed by atoms with Crippen molar-refractivity contribution in [2.24, 2.45) is 0 Å². The smallest absolute Gasteiger partial charge is 0.350 e. The third kappa shape index (κ3) is 6.89. The minimum atomic E-state index is -4.95. The van der Waals surface area contributed by atoms with Gasteiger partial charge < -0.3 is 9.80 Å². The molecule has 3 heterocycles. The summed E-state index contributed by atoms with van der Waals surface area (Å²) >= 11 is 6.48. The second-order valence-corrected chi connectivity index (χ2v) is 12.5. The fourth-order valence-electron chi connectivity index (χ4n) is 6.48. The van der Waals surface area contributed by atoms with Crippen LogP contribution < -0.4 is 9.80 Å². The Morgan fingerprint density at radius 1 is 0.932 bits per heavy atom. The largest absolute Gasteiger partial charge is 0.416 e. The highest BCUT2D eigenvalue weighted by Crippen LogP contribution is 2.40. The van der Waals surface area contributed by atoms with Crippen LogP contribution in [-0.4, -0.2) is 38.6 Å². The van der Waals surface area contributed by atoms with Gasteiger partial charge in [-0.15, -0.1) is 0 Å². The first-order chi connectivity index (χ1) is 20.7. The van der Waals surface area contributed by atoms with Gasteiger partial charge in [0.2, 0.25) is 5.95 Å². The second kappa shape index (κ2) is 12.3. The Morgan fingerprint density at radius 2 is 1.55 bits per heavy atom. The number of anilines is 2. The van der Waals surface area contributed by atoms with Crippen molar-refractivity contribution in [2.75, 3.05) is 16.3 Å². The molecule has 2 aromatic heterocycles. The molecule has 238 valence electrons. The summed E-state index contributed by atoms with van der Waals surface area (Å²) in [5.41, 5.74) is -1.95. The van der Waals surface area contributed by atoms with Gasteiger partial charge in [-0.1, -0.05) is 44.7 Å². The number of benzene rings is 1. The molecule has 0 N–H and O–H groups in total. The summed E-state index contributed by atoms with van der Waals surface area (Å²) in [6.07, 6.45) is 1.75. The molecular weight excluding hydrogens is 606 g/mol. The highest BCUT2D eigenvalue weighted by Gasteiger charge is 2.40. The van der Waals surface area contributed by atoms with E-state index >= 15 is 0 Å². The number of rotatable bonds is 7. The molecule has 2 unspecified atom stereocenters. The van der Waals surface area contributed by atoms with Crippen molar-refractivity contribution in [3.05, 3.63) is 69.9 Å². The minimum absolute atomic E-state index is 0.0398. The van der Waals surface area contributed by atoms with E-state index in [0.29, 0.717) is 36.1 Å². The maximum absolute atomic E-state index is 13.7. The van der Waals surface area contributed by atoms with Crippen LogP contribution in [0.4, 0.5) is 38.1 Å². The van der Waals surface area contributed by atoms with Gasteiger partial charge in [0.15, 0.2) is 5.82 Å². The zero-order chi connectivity index (χ0) is 31.9. The van der Waals surface area contributed by atoms with Crippen LogP contribution in [0.2, 0.25) is 5.02 Å². The molecule has 1 saturated heterocycles. The number of halogens is 7. The lowest BCUT2D eigenvalue weighted by atomic mass is 9.72. The van der Waals surface area contributed by atoms with E-state index in [2.05, 4.69) is 26.9 Å². The fourth-order valence-corrected chi connectivity index (χ4v) is 6.68. The van der Waals surface area contributed by atoms with Gasteiger partial charge in [0.05, 0.1) is 23.4 Å². The molecule has 6 nitrogen and oxygen atoms in total. The molecule has 13 heteroatoms. The van der Waals surface area contributed by atoms with Crippen LogP contribution in [0.3, 0.4) is 0 Å². The van der Waals surface area contributed by atoms with Gasteiger partial charge >= 0.3 is 12.4 Å². The third-order valence-electron chi connectivity index (χ3n) is 8.97. The average molecular weight is 641 g/mol. The zero-order valence-corrected chi connectivity index (χ0v) is 25.6. The van der Waals surface area contributed by atoms with Crippen LogP contribution >= 0.6 is 11.6 Å². The minimum Gasteiger partial charge on any atom is -0.350 e. The van der Waals surface area contributed by atoms with E-state index < -0.39 is 23.5 Å². The van der Waals surface area contributed by atoms with Crippen molar-refractivity contribution in [1.29, 1.82) is 0 Å². The van der Waals surface area contributed by atoms with Crippen molar-refractivity contribution >= 4 is 23.4 Å². The lowest BCUT2D eigenvalue weighted by Crippen LogP contribution is -2.39. The Hall–Kier alpha value is -3.15. The standard InChI is InChI=1S/C31H35ClF6N6/c1-4-24-13-25(18-43(24)27-26(32)16-39-19(2)42-27)44(28-40-14-23(15-41-28)29(3)8-6-5-7-9-29)17-20-10-21(30(33,34)35)12-22(11-20)31(36,37)38/h10-12,14-16,24-25H,4-9,13,17-18H2,1-3H3. The maximum Gasteiger partial charge on any atom is 0.416 e. The predicted octanol–water partition coefficient (Wildman–Crippen LogP) is 8.55. The van der Waals surface area contributed by atoms with Gasteiger partial charge in [-0.05, 0) is 67.3 Å². The van der Waals surface area contributed by atoms with Gasteiger partial charge in [-0.3, -0.25) is 0 Å². The first-order valence-electron chi connectivity index (χ1n) is 14.8. The summed E-state index contributed by atoms with van der Waals surface area (Å²) in [5.74, 6) is 1.30. The SMILES string of the molecule is CCC1CC(N(Cc2cc(C(F)(F)F)cc(C(F)(F)F)c2)c2ncc(C3(C)CCCCC3)cn2)CN1c1nc(C)ncc1Cl. The van der Waals surface area contributed by atoms with E-state index in [-0.39, 0.29) is 41.6 Å². The number of hydrogen-bond acceptors (Lipinski definition) is 6. The zero-order valence-electron chi connectivity index (χ0n) is 24.8. The number of aromatic nitrogens is 4. The summed E-state index contributed by atoms with van der Waals surface area (Å²) in [4.78, 5) is 21.7. The third-order valence-corrected chi connectivity index (χ3v) is 9.24. The van der Waals surface area contributed by atoms with Crippen molar-refractivity contribution in [1.82, 2.24) is 19.9 Å². The van der Waals surface area contributed by atoms with E-state index in [4.69, 9.17) is 11.6 Å². The molecule has 2 atom stereocenters. The van der Waals surface area contributed by atoms with Gasteiger partial charge in [0, 0.05) is 31.5 Å². The number of aryl methyl sites for hydroxylation is 1. The summed E-state index contributed by atoms with van der Waals surface area (Å²) in [6, 6.07) is 1.30. The molecule has 0 radical (unpaired) electrons. The summed E-state index contributed by atoms with van der Waals surface area (Å²) < 4.78 is 82.3. The lowest BCUT2D eigenvalue weighted by molar-refractivity contribution is -0.143. The van der Waals surface area contributed by atoms with E-state index in [1.54, 1.807) is 24.2 Å². The highest BCUT2D eigenvalue weighted by atomic mass is 35.5. The lowest BCUT2D eigenvalue weighted by Gasteiger charge is -2.34. The number of hydrogen-bond donors (Lipinski definition) is 0. The van der Waals surface area contributed by atoms with Gasteiger partial charge in [-0.2, -0.15) is 26.3 Å².